The Hall–Kier alpha value is -0.340. The Morgan fingerprint density at radius 1 is 1.38 bits per heavy atom. The molecule has 1 aromatic rings. The third-order valence-electron chi connectivity index (χ3n) is 2.10. The fourth-order valence-electron chi connectivity index (χ4n) is 1.42. The van der Waals surface area contributed by atoms with Crippen LogP contribution in [-0.2, 0) is 6.42 Å². The van der Waals surface area contributed by atoms with Crippen LogP contribution in [0.25, 0.3) is 0 Å². The summed E-state index contributed by atoms with van der Waals surface area (Å²) >= 11 is 3.52. The van der Waals surface area contributed by atoms with Crippen molar-refractivity contribution in [2.24, 2.45) is 5.73 Å². The van der Waals surface area contributed by atoms with Crippen LogP contribution < -0.4 is 5.73 Å². The molecule has 0 spiro atoms. The number of hydrogen-bond donors (Lipinski definition) is 1. The van der Waals surface area contributed by atoms with Crippen molar-refractivity contribution in [3.05, 3.63) is 34.3 Å². The first-order valence-electron chi connectivity index (χ1n) is 4.73. The smallest absolute Gasteiger partial charge is 0.0207 e. The Morgan fingerprint density at radius 2 is 2.08 bits per heavy atom. The second kappa shape index (κ2) is 5.40. The van der Waals surface area contributed by atoms with Crippen molar-refractivity contribution in [1.29, 1.82) is 0 Å². The van der Waals surface area contributed by atoms with Crippen LogP contribution in [0.2, 0.25) is 0 Å². The van der Waals surface area contributed by atoms with Gasteiger partial charge >= 0.3 is 0 Å². The lowest BCUT2D eigenvalue weighted by Crippen LogP contribution is -2.22. The van der Waals surface area contributed by atoms with Crippen molar-refractivity contribution in [2.45, 2.75) is 32.2 Å². The molecular formula is C11H16BrN. The van der Waals surface area contributed by atoms with E-state index in [4.69, 9.17) is 5.73 Å². The van der Waals surface area contributed by atoms with Crippen LogP contribution in [0.15, 0.2) is 28.7 Å². The molecule has 0 aliphatic carbocycles. The molecule has 0 aromatic heterocycles. The predicted molar refractivity (Wildman–Crippen MR) is 60.7 cm³/mol. The van der Waals surface area contributed by atoms with Crippen molar-refractivity contribution in [1.82, 2.24) is 0 Å². The molecule has 1 nitrogen and oxygen atoms in total. The molecule has 0 saturated heterocycles. The molecule has 1 unspecified atom stereocenters. The quantitative estimate of drug-likeness (QED) is 0.862. The molecule has 0 aliphatic heterocycles. The molecular weight excluding hydrogens is 226 g/mol. The number of nitrogens with two attached hydrogens (primary N) is 1. The van der Waals surface area contributed by atoms with Crippen molar-refractivity contribution in [2.75, 3.05) is 0 Å². The average Bonchev–Trinajstić information content (AvgIpc) is 2.09. The fourth-order valence-corrected chi connectivity index (χ4v) is 1.87. The Labute approximate surface area is 88.5 Å². The topological polar surface area (TPSA) is 26.0 Å². The zero-order valence-corrected chi connectivity index (χ0v) is 9.55. The summed E-state index contributed by atoms with van der Waals surface area (Å²) in [5.41, 5.74) is 7.27. The molecule has 2 N–H and O–H groups in total. The van der Waals surface area contributed by atoms with E-state index in [2.05, 4.69) is 41.1 Å². The molecule has 0 fully saturated rings. The predicted octanol–water partition coefficient (Wildman–Crippen LogP) is 3.12. The minimum absolute atomic E-state index is 0.295. The van der Waals surface area contributed by atoms with Crippen LogP contribution in [0.5, 0.6) is 0 Å². The lowest BCUT2D eigenvalue weighted by Gasteiger charge is -2.11. The fraction of sp³-hybridized carbons (Fsp3) is 0.455. The number of rotatable bonds is 4. The first kappa shape index (κ1) is 10.7. The largest absolute Gasteiger partial charge is 0.327 e. The number of benzene rings is 1. The summed E-state index contributed by atoms with van der Waals surface area (Å²) in [6.07, 6.45) is 3.22. The molecule has 72 valence electrons. The van der Waals surface area contributed by atoms with Gasteiger partial charge in [0.15, 0.2) is 0 Å². The minimum atomic E-state index is 0.295. The summed E-state index contributed by atoms with van der Waals surface area (Å²) in [4.78, 5) is 0. The summed E-state index contributed by atoms with van der Waals surface area (Å²) in [7, 11) is 0. The highest BCUT2D eigenvalue weighted by Crippen LogP contribution is 2.17. The second-order valence-electron chi connectivity index (χ2n) is 3.34. The molecule has 0 heterocycles. The van der Waals surface area contributed by atoms with E-state index in [1.165, 1.54) is 10.0 Å². The third kappa shape index (κ3) is 3.49. The van der Waals surface area contributed by atoms with Crippen LogP contribution in [0.3, 0.4) is 0 Å². The maximum Gasteiger partial charge on any atom is 0.0207 e. The first-order chi connectivity index (χ1) is 6.24. The van der Waals surface area contributed by atoms with Gasteiger partial charge in [-0.05, 0) is 24.5 Å². The van der Waals surface area contributed by atoms with Crippen LogP contribution >= 0.6 is 15.9 Å². The zero-order valence-electron chi connectivity index (χ0n) is 7.96. The van der Waals surface area contributed by atoms with Gasteiger partial charge in [0.1, 0.15) is 0 Å². The Balaban J connectivity index is 2.58. The molecule has 0 saturated carbocycles. The Bertz CT molecular complexity index is 260. The van der Waals surface area contributed by atoms with Gasteiger partial charge in [-0.25, -0.2) is 0 Å². The summed E-state index contributed by atoms with van der Waals surface area (Å²) in [5.74, 6) is 0. The normalized spacial score (nSPS) is 12.8. The lowest BCUT2D eigenvalue weighted by molar-refractivity contribution is 0.599. The molecule has 1 rings (SSSR count). The van der Waals surface area contributed by atoms with Crippen molar-refractivity contribution < 1.29 is 0 Å². The number of halogens is 1. The highest BCUT2D eigenvalue weighted by Gasteiger charge is 2.04. The van der Waals surface area contributed by atoms with Gasteiger partial charge in [0.05, 0.1) is 0 Å². The van der Waals surface area contributed by atoms with Gasteiger partial charge in [0.2, 0.25) is 0 Å². The second-order valence-corrected chi connectivity index (χ2v) is 4.20. The van der Waals surface area contributed by atoms with Gasteiger partial charge < -0.3 is 5.73 Å². The van der Waals surface area contributed by atoms with E-state index >= 15 is 0 Å². The van der Waals surface area contributed by atoms with E-state index in [1.807, 2.05) is 6.07 Å². The summed E-state index contributed by atoms with van der Waals surface area (Å²) in [6.45, 7) is 2.17. The van der Waals surface area contributed by atoms with Gasteiger partial charge in [-0.1, -0.05) is 47.5 Å². The van der Waals surface area contributed by atoms with Crippen LogP contribution in [0.1, 0.15) is 25.3 Å². The van der Waals surface area contributed by atoms with Gasteiger partial charge in [-0.15, -0.1) is 0 Å². The van der Waals surface area contributed by atoms with Crippen molar-refractivity contribution in [3.63, 3.8) is 0 Å². The maximum absolute atomic E-state index is 5.96. The van der Waals surface area contributed by atoms with Crippen LogP contribution in [0, 0.1) is 0 Å². The molecule has 0 radical (unpaired) electrons. The van der Waals surface area contributed by atoms with Gasteiger partial charge in [-0.2, -0.15) is 0 Å². The van der Waals surface area contributed by atoms with Gasteiger partial charge in [-0.3, -0.25) is 0 Å². The highest BCUT2D eigenvalue weighted by atomic mass is 79.9. The molecule has 13 heavy (non-hydrogen) atoms. The van der Waals surface area contributed by atoms with Crippen LogP contribution in [0.4, 0.5) is 0 Å². The van der Waals surface area contributed by atoms with E-state index in [0.717, 1.165) is 19.3 Å². The van der Waals surface area contributed by atoms with E-state index < -0.39 is 0 Å². The summed E-state index contributed by atoms with van der Waals surface area (Å²) in [5, 5.41) is 0. The number of hydrogen-bond acceptors (Lipinski definition) is 1. The Kier molecular flexibility index (Phi) is 4.46. The molecule has 2 heteroatoms. The molecule has 0 bridgehead atoms. The van der Waals surface area contributed by atoms with E-state index in [0.29, 0.717) is 6.04 Å². The summed E-state index contributed by atoms with van der Waals surface area (Å²) in [6, 6.07) is 8.56. The first-order valence-corrected chi connectivity index (χ1v) is 5.52. The molecule has 0 aliphatic rings. The maximum atomic E-state index is 5.96. The SMILES string of the molecule is CCCC(N)Cc1ccccc1Br. The van der Waals surface area contributed by atoms with E-state index in [1.54, 1.807) is 0 Å². The standard InChI is InChI=1S/C11H16BrN/c1-2-5-10(13)8-9-6-3-4-7-11(9)12/h3-4,6-7,10H,2,5,8,13H2,1H3. The molecule has 1 aromatic carbocycles. The third-order valence-corrected chi connectivity index (χ3v) is 2.87. The Morgan fingerprint density at radius 3 is 2.69 bits per heavy atom. The van der Waals surface area contributed by atoms with Gasteiger partial charge in [0, 0.05) is 10.5 Å². The molecule has 1 atom stereocenters. The highest BCUT2D eigenvalue weighted by molar-refractivity contribution is 9.10. The summed E-state index contributed by atoms with van der Waals surface area (Å²) < 4.78 is 1.17. The molecule has 0 amide bonds. The monoisotopic (exact) mass is 241 g/mol. The van der Waals surface area contributed by atoms with Crippen molar-refractivity contribution >= 4 is 15.9 Å². The minimum Gasteiger partial charge on any atom is -0.327 e. The van der Waals surface area contributed by atoms with Crippen LogP contribution in [-0.4, -0.2) is 6.04 Å². The van der Waals surface area contributed by atoms with Gasteiger partial charge in [0.25, 0.3) is 0 Å². The zero-order chi connectivity index (χ0) is 9.68. The van der Waals surface area contributed by atoms with Crippen molar-refractivity contribution in [3.8, 4) is 0 Å². The van der Waals surface area contributed by atoms with E-state index in [-0.39, 0.29) is 0 Å². The average molecular weight is 242 g/mol. The van der Waals surface area contributed by atoms with E-state index in [9.17, 15) is 0 Å². The lowest BCUT2D eigenvalue weighted by atomic mass is 10.0.